The van der Waals surface area contributed by atoms with Crippen LogP contribution in [0.4, 0.5) is 0 Å². The topological polar surface area (TPSA) is 53.8 Å². The zero-order chi connectivity index (χ0) is 12.0. The van der Waals surface area contributed by atoms with Crippen LogP contribution in [0.2, 0.25) is 0 Å². The first-order chi connectivity index (χ1) is 7.61. The van der Waals surface area contributed by atoms with Gasteiger partial charge in [-0.05, 0) is 24.3 Å². The van der Waals surface area contributed by atoms with E-state index in [4.69, 9.17) is 4.74 Å². The van der Waals surface area contributed by atoms with Gasteiger partial charge in [0.05, 0.1) is 20.7 Å². The molecule has 88 valence electrons. The second kappa shape index (κ2) is 6.12. The highest BCUT2D eigenvalue weighted by molar-refractivity contribution is 5.64. The number of carboxylic acids is 1. The second-order valence-corrected chi connectivity index (χ2v) is 3.85. The first kappa shape index (κ1) is 12.5. The lowest BCUT2D eigenvalue weighted by atomic mass is 10.2. The Morgan fingerprint density at radius 2 is 2.00 bits per heavy atom. The lowest BCUT2D eigenvalue weighted by Gasteiger charge is -2.14. The van der Waals surface area contributed by atoms with Crippen molar-refractivity contribution in [1.82, 2.24) is 0 Å². The minimum atomic E-state index is -0.992. The number of carboxylic acid groups (broad SMARTS) is 1. The van der Waals surface area contributed by atoms with Crippen molar-refractivity contribution in [3.8, 4) is 5.75 Å². The van der Waals surface area contributed by atoms with Gasteiger partial charge in [0.2, 0.25) is 0 Å². The van der Waals surface area contributed by atoms with E-state index in [9.17, 15) is 9.90 Å². The molecule has 0 saturated carbocycles. The predicted octanol–water partition coefficient (Wildman–Crippen LogP) is -1.15. The molecule has 0 aliphatic rings. The molecule has 0 fully saturated rings. The van der Waals surface area contributed by atoms with E-state index in [0.717, 1.165) is 22.8 Å². The highest BCUT2D eigenvalue weighted by atomic mass is 16.5. The maximum Gasteiger partial charge on any atom is 0.118 e. The van der Waals surface area contributed by atoms with Crippen LogP contribution in [0.1, 0.15) is 12.0 Å². The summed E-state index contributed by atoms with van der Waals surface area (Å²) < 4.78 is 5.06. The maximum absolute atomic E-state index is 10.3. The number of rotatable bonds is 6. The van der Waals surface area contributed by atoms with Crippen molar-refractivity contribution in [1.29, 1.82) is 0 Å². The number of aliphatic carboxylic acids is 1. The first-order valence-electron chi connectivity index (χ1n) is 5.26. The van der Waals surface area contributed by atoms with Gasteiger partial charge in [-0.2, -0.15) is 0 Å². The molecule has 4 nitrogen and oxygen atoms in total. The van der Waals surface area contributed by atoms with Crippen LogP contribution in [0.5, 0.6) is 5.75 Å². The molecule has 4 heteroatoms. The molecular formula is C12H17NO3. The van der Waals surface area contributed by atoms with E-state index in [2.05, 4.69) is 0 Å². The fraction of sp³-hybridized carbons (Fsp3) is 0.417. The third-order valence-corrected chi connectivity index (χ3v) is 2.42. The SMILES string of the molecule is COc1ccc(C[NH+](C)CCC(=O)[O-])cc1. The smallest absolute Gasteiger partial charge is 0.118 e. The minimum Gasteiger partial charge on any atom is -0.550 e. The number of methoxy groups -OCH3 is 1. The molecule has 0 amide bonds. The predicted molar refractivity (Wildman–Crippen MR) is 58.1 cm³/mol. The van der Waals surface area contributed by atoms with Crippen LogP contribution in [0.25, 0.3) is 0 Å². The fourth-order valence-electron chi connectivity index (χ4n) is 1.50. The highest BCUT2D eigenvalue weighted by Gasteiger charge is 2.03. The number of carbonyl (C=O) groups is 1. The van der Waals surface area contributed by atoms with Gasteiger partial charge in [0.1, 0.15) is 12.3 Å². The Hall–Kier alpha value is -1.55. The molecule has 0 bridgehead atoms. The Bertz CT molecular complexity index is 335. The van der Waals surface area contributed by atoms with Crippen LogP contribution < -0.4 is 14.7 Å². The molecule has 1 atom stereocenters. The third kappa shape index (κ3) is 4.31. The number of hydrogen-bond acceptors (Lipinski definition) is 3. The summed E-state index contributed by atoms with van der Waals surface area (Å²) in [6.45, 7) is 1.38. The van der Waals surface area contributed by atoms with Crippen molar-refractivity contribution in [2.24, 2.45) is 0 Å². The van der Waals surface area contributed by atoms with Crippen LogP contribution in [-0.2, 0) is 11.3 Å². The molecule has 1 aromatic carbocycles. The van der Waals surface area contributed by atoms with Crippen molar-refractivity contribution >= 4 is 5.97 Å². The van der Waals surface area contributed by atoms with Gasteiger partial charge in [0.15, 0.2) is 0 Å². The lowest BCUT2D eigenvalue weighted by Crippen LogP contribution is -3.07. The second-order valence-electron chi connectivity index (χ2n) is 3.85. The average Bonchev–Trinajstić information content (AvgIpc) is 2.27. The van der Waals surface area contributed by atoms with E-state index >= 15 is 0 Å². The first-order valence-corrected chi connectivity index (χ1v) is 5.26. The largest absolute Gasteiger partial charge is 0.550 e. The van der Waals surface area contributed by atoms with Gasteiger partial charge in [-0.15, -0.1) is 0 Å². The summed E-state index contributed by atoms with van der Waals surface area (Å²) in [5.74, 6) is -0.162. The summed E-state index contributed by atoms with van der Waals surface area (Å²) in [5, 5.41) is 10.3. The normalized spacial score (nSPS) is 12.1. The molecule has 1 unspecified atom stereocenters. The van der Waals surface area contributed by atoms with E-state index in [-0.39, 0.29) is 6.42 Å². The zero-order valence-electron chi connectivity index (χ0n) is 9.66. The Balaban J connectivity index is 2.43. The number of nitrogens with one attached hydrogen (secondary N) is 1. The zero-order valence-corrected chi connectivity index (χ0v) is 9.66. The van der Waals surface area contributed by atoms with E-state index in [1.54, 1.807) is 7.11 Å². The Morgan fingerprint density at radius 1 is 1.38 bits per heavy atom. The van der Waals surface area contributed by atoms with Gasteiger partial charge in [-0.1, -0.05) is 0 Å². The van der Waals surface area contributed by atoms with Gasteiger partial charge < -0.3 is 19.5 Å². The molecule has 0 aromatic heterocycles. The van der Waals surface area contributed by atoms with E-state index in [1.165, 1.54) is 0 Å². The van der Waals surface area contributed by atoms with Gasteiger partial charge >= 0.3 is 0 Å². The monoisotopic (exact) mass is 223 g/mol. The molecular weight excluding hydrogens is 206 g/mol. The lowest BCUT2D eigenvalue weighted by molar-refractivity contribution is -0.893. The molecule has 1 aromatic rings. The standard InChI is InChI=1S/C12H17NO3/c1-13(8-7-12(14)15)9-10-3-5-11(16-2)6-4-10/h3-6H,7-9H2,1-2H3,(H,14,15). The summed E-state index contributed by atoms with van der Waals surface area (Å²) in [5.41, 5.74) is 1.16. The van der Waals surface area contributed by atoms with E-state index < -0.39 is 5.97 Å². The van der Waals surface area contributed by atoms with Crippen molar-refractivity contribution in [3.63, 3.8) is 0 Å². The number of benzene rings is 1. The molecule has 16 heavy (non-hydrogen) atoms. The molecule has 1 rings (SSSR count). The highest BCUT2D eigenvalue weighted by Crippen LogP contribution is 2.10. The fourth-order valence-corrected chi connectivity index (χ4v) is 1.50. The summed E-state index contributed by atoms with van der Waals surface area (Å²) in [4.78, 5) is 11.4. The van der Waals surface area contributed by atoms with Crippen LogP contribution in [0.15, 0.2) is 24.3 Å². The molecule has 0 radical (unpaired) electrons. The van der Waals surface area contributed by atoms with Crippen molar-refractivity contribution in [3.05, 3.63) is 29.8 Å². The summed E-state index contributed by atoms with van der Waals surface area (Å²) >= 11 is 0. The Labute approximate surface area is 95.5 Å². The molecule has 0 aliphatic heterocycles. The van der Waals surface area contributed by atoms with Gasteiger partial charge in [-0.3, -0.25) is 0 Å². The number of carbonyl (C=O) groups excluding carboxylic acids is 1. The number of ether oxygens (including phenoxy) is 1. The molecule has 0 heterocycles. The van der Waals surface area contributed by atoms with Crippen molar-refractivity contribution < 1.29 is 19.5 Å². The van der Waals surface area contributed by atoms with Crippen LogP contribution in [0.3, 0.4) is 0 Å². The molecule has 0 aliphatic carbocycles. The van der Waals surface area contributed by atoms with Crippen LogP contribution in [-0.4, -0.2) is 26.7 Å². The van der Waals surface area contributed by atoms with Gasteiger partial charge in [-0.25, -0.2) is 0 Å². The van der Waals surface area contributed by atoms with Crippen molar-refractivity contribution in [2.45, 2.75) is 13.0 Å². The van der Waals surface area contributed by atoms with Crippen LogP contribution in [0, 0.1) is 0 Å². The molecule has 0 spiro atoms. The van der Waals surface area contributed by atoms with Gasteiger partial charge in [0.25, 0.3) is 0 Å². The quantitative estimate of drug-likeness (QED) is 0.662. The number of hydrogen-bond donors (Lipinski definition) is 1. The summed E-state index contributed by atoms with van der Waals surface area (Å²) in [6.07, 6.45) is 0.0992. The summed E-state index contributed by atoms with van der Waals surface area (Å²) in [6, 6.07) is 7.78. The maximum atomic E-state index is 10.3. The minimum absolute atomic E-state index is 0.0992. The molecule has 0 saturated heterocycles. The average molecular weight is 223 g/mol. The molecule has 1 N–H and O–H groups in total. The van der Waals surface area contributed by atoms with Gasteiger partial charge in [0, 0.05) is 18.0 Å². The van der Waals surface area contributed by atoms with E-state index in [1.807, 2.05) is 31.3 Å². The van der Waals surface area contributed by atoms with Crippen molar-refractivity contribution in [2.75, 3.05) is 20.7 Å². The Kier molecular flexibility index (Phi) is 4.79. The third-order valence-electron chi connectivity index (χ3n) is 2.42. The Morgan fingerprint density at radius 3 is 2.50 bits per heavy atom. The summed E-state index contributed by atoms with van der Waals surface area (Å²) in [7, 11) is 3.60. The number of quaternary nitrogens is 1. The van der Waals surface area contributed by atoms with Crippen LogP contribution >= 0.6 is 0 Å². The van der Waals surface area contributed by atoms with E-state index in [0.29, 0.717) is 6.54 Å².